The van der Waals surface area contributed by atoms with Crippen LogP contribution in [-0.2, 0) is 11.3 Å². The molecule has 1 rings (SSSR count). The van der Waals surface area contributed by atoms with Gasteiger partial charge in [-0.05, 0) is 30.0 Å². The van der Waals surface area contributed by atoms with E-state index in [-0.39, 0.29) is 24.9 Å². The number of hydrogen-bond donors (Lipinski definition) is 3. The average Bonchev–Trinajstić information content (AvgIpc) is 2.50. The Kier molecular flexibility index (Phi) is 8.37. The zero-order valence-corrected chi connectivity index (χ0v) is 15.0. The number of urea groups is 1. The molecule has 0 aliphatic heterocycles. The third-order valence-corrected chi connectivity index (χ3v) is 3.71. The molecule has 0 aromatic heterocycles. The molecule has 0 saturated carbocycles. The van der Waals surface area contributed by atoms with Crippen LogP contribution in [0.2, 0.25) is 10.0 Å². The molecule has 0 unspecified atom stereocenters. The highest BCUT2D eigenvalue weighted by Crippen LogP contribution is 2.20. The molecule has 0 bridgehead atoms. The molecule has 1 atom stereocenters. The zero-order chi connectivity index (χ0) is 18.1. The third-order valence-electron chi connectivity index (χ3n) is 3.13. The second-order valence-electron chi connectivity index (χ2n) is 5.62. The number of hydrogen-bond acceptors (Lipinski definition) is 3. The lowest BCUT2D eigenvalue weighted by Crippen LogP contribution is -2.50. The van der Waals surface area contributed by atoms with E-state index < -0.39 is 12.1 Å². The van der Waals surface area contributed by atoms with Crippen molar-refractivity contribution in [3.8, 4) is 6.07 Å². The van der Waals surface area contributed by atoms with E-state index in [1.54, 1.807) is 18.2 Å². The zero-order valence-electron chi connectivity index (χ0n) is 13.5. The molecule has 0 fully saturated rings. The van der Waals surface area contributed by atoms with E-state index in [1.165, 1.54) is 0 Å². The van der Waals surface area contributed by atoms with Gasteiger partial charge in [-0.2, -0.15) is 5.26 Å². The van der Waals surface area contributed by atoms with Gasteiger partial charge in [-0.25, -0.2) is 4.79 Å². The van der Waals surface area contributed by atoms with Crippen LogP contribution in [0.3, 0.4) is 0 Å². The van der Waals surface area contributed by atoms with Crippen LogP contribution in [0.25, 0.3) is 0 Å². The highest BCUT2D eigenvalue weighted by atomic mass is 35.5. The summed E-state index contributed by atoms with van der Waals surface area (Å²) in [6.07, 6.45) is 0.465. The molecule has 0 radical (unpaired) electrons. The molecule has 6 nitrogen and oxygen atoms in total. The van der Waals surface area contributed by atoms with E-state index in [0.717, 1.165) is 0 Å². The van der Waals surface area contributed by atoms with Crippen LogP contribution < -0.4 is 16.0 Å². The number of carbonyl (C=O) groups is 2. The van der Waals surface area contributed by atoms with Gasteiger partial charge < -0.3 is 16.0 Å². The summed E-state index contributed by atoms with van der Waals surface area (Å²) in [6.45, 7) is 3.99. The Morgan fingerprint density at radius 2 is 1.96 bits per heavy atom. The van der Waals surface area contributed by atoms with Gasteiger partial charge in [0.2, 0.25) is 5.91 Å². The largest absolute Gasteiger partial charge is 0.341 e. The minimum Gasteiger partial charge on any atom is -0.341 e. The van der Waals surface area contributed by atoms with Crippen LogP contribution in [0.1, 0.15) is 25.8 Å². The summed E-state index contributed by atoms with van der Waals surface area (Å²) in [5.41, 5.74) is 0.713. The maximum absolute atomic E-state index is 12.0. The fourth-order valence-corrected chi connectivity index (χ4v) is 2.48. The van der Waals surface area contributed by atoms with Crippen molar-refractivity contribution in [2.45, 2.75) is 32.9 Å². The highest BCUT2D eigenvalue weighted by molar-refractivity contribution is 6.35. The lowest BCUT2D eigenvalue weighted by atomic mass is 10.0. The molecule has 3 amide bonds. The molecular weight excluding hydrogens is 351 g/mol. The van der Waals surface area contributed by atoms with Crippen molar-refractivity contribution in [2.75, 3.05) is 6.54 Å². The number of halogens is 2. The quantitative estimate of drug-likeness (QED) is 0.644. The first-order valence-electron chi connectivity index (χ1n) is 7.46. The minimum atomic E-state index is -0.709. The molecule has 1 aromatic carbocycles. The number of nitrogens with zero attached hydrogens (tertiary/aromatic N) is 1. The van der Waals surface area contributed by atoms with Crippen LogP contribution in [0, 0.1) is 17.2 Å². The van der Waals surface area contributed by atoms with E-state index in [1.807, 2.05) is 19.9 Å². The fourth-order valence-electron chi connectivity index (χ4n) is 2.00. The average molecular weight is 371 g/mol. The summed E-state index contributed by atoms with van der Waals surface area (Å²) in [6, 6.07) is 5.63. The number of amides is 3. The Hall–Kier alpha value is -1.97. The number of nitrogens with one attached hydrogen (secondary N) is 3. The molecule has 130 valence electrons. The first-order valence-corrected chi connectivity index (χ1v) is 8.22. The normalized spacial score (nSPS) is 11.5. The number of benzene rings is 1. The van der Waals surface area contributed by atoms with Crippen molar-refractivity contribution in [2.24, 2.45) is 5.92 Å². The van der Waals surface area contributed by atoms with Crippen molar-refractivity contribution in [1.29, 1.82) is 5.26 Å². The molecule has 1 aromatic rings. The molecule has 0 aliphatic rings. The molecular formula is C16H20Cl2N4O2. The van der Waals surface area contributed by atoms with E-state index in [9.17, 15) is 9.59 Å². The van der Waals surface area contributed by atoms with Gasteiger partial charge in [-0.3, -0.25) is 4.79 Å². The molecule has 8 heteroatoms. The molecule has 0 aliphatic carbocycles. The SMILES string of the molecule is CC(C)C[C@H](NC(=O)NCc1ccc(Cl)cc1Cl)C(=O)NCC#N. The molecule has 0 saturated heterocycles. The lowest BCUT2D eigenvalue weighted by Gasteiger charge is -2.20. The summed E-state index contributed by atoms with van der Waals surface area (Å²) in [5.74, 6) is -0.182. The summed E-state index contributed by atoms with van der Waals surface area (Å²) >= 11 is 11.9. The van der Waals surface area contributed by atoms with Crippen LogP contribution in [0.15, 0.2) is 18.2 Å². The number of carbonyl (C=O) groups excluding carboxylic acids is 2. The van der Waals surface area contributed by atoms with Gasteiger partial charge in [-0.1, -0.05) is 43.1 Å². The van der Waals surface area contributed by atoms with Crippen LogP contribution in [0.4, 0.5) is 4.79 Å². The topological polar surface area (TPSA) is 94.0 Å². The van der Waals surface area contributed by atoms with Gasteiger partial charge in [0.05, 0.1) is 6.07 Å². The maximum atomic E-state index is 12.0. The van der Waals surface area contributed by atoms with Crippen LogP contribution in [-0.4, -0.2) is 24.5 Å². The first-order chi connectivity index (χ1) is 11.3. The Bertz CT molecular complexity index is 629. The van der Waals surface area contributed by atoms with Crippen molar-refractivity contribution < 1.29 is 9.59 Å². The first kappa shape index (κ1) is 20.1. The smallest absolute Gasteiger partial charge is 0.315 e. The van der Waals surface area contributed by atoms with Gasteiger partial charge in [0.15, 0.2) is 0 Å². The Morgan fingerprint density at radius 1 is 1.25 bits per heavy atom. The van der Waals surface area contributed by atoms with E-state index >= 15 is 0 Å². The van der Waals surface area contributed by atoms with Gasteiger partial charge in [-0.15, -0.1) is 0 Å². The fraction of sp³-hybridized carbons (Fsp3) is 0.438. The Balaban J connectivity index is 2.60. The summed E-state index contributed by atoms with van der Waals surface area (Å²) in [4.78, 5) is 24.0. The molecule has 3 N–H and O–H groups in total. The Morgan fingerprint density at radius 3 is 2.54 bits per heavy atom. The predicted molar refractivity (Wildman–Crippen MR) is 93.7 cm³/mol. The summed E-state index contributed by atoms with van der Waals surface area (Å²) < 4.78 is 0. The van der Waals surface area contributed by atoms with E-state index in [2.05, 4.69) is 16.0 Å². The Labute approximate surface area is 151 Å². The van der Waals surface area contributed by atoms with Gasteiger partial charge in [0.1, 0.15) is 12.6 Å². The standard InChI is InChI=1S/C16H20Cl2N4O2/c1-10(2)7-14(15(23)20-6-5-19)22-16(24)21-9-11-3-4-12(17)8-13(11)18/h3-4,8,10,14H,6-7,9H2,1-2H3,(H,20,23)(H2,21,22,24)/t14-/m0/s1. The van der Waals surface area contributed by atoms with Crippen molar-refractivity contribution in [1.82, 2.24) is 16.0 Å². The summed E-state index contributed by atoms with van der Waals surface area (Å²) in [5, 5.41) is 17.2. The maximum Gasteiger partial charge on any atom is 0.315 e. The van der Waals surface area contributed by atoms with E-state index in [0.29, 0.717) is 22.0 Å². The monoisotopic (exact) mass is 370 g/mol. The van der Waals surface area contributed by atoms with Crippen LogP contribution >= 0.6 is 23.2 Å². The number of rotatable bonds is 7. The van der Waals surface area contributed by atoms with E-state index in [4.69, 9.17) is 28.5 Å². The van der Waals surface area contributed by atoms with Crippen molar-refractivity contribution in [3.05, 3.63) is 33.8 Å². The molecule has 0 heterocycles. The molecule has 0 spiro atoms. The predicted octanol–water partition coefficient (Wildman–Crippen LogP) is 2.85. The highest BCUT2D eigenvalue weighted by Gasteiger charge is 2.21. The summed E-state index contributed by atoms with van der Waals surface area (Å²) in [7, 11) is 0. The van der Waals surface area contributed by atoms with Crippen molar-refractivity contribution >= 4 is 35.1 Å². The second-order valence-corrected chi connectivity index (χ2v) is 6.46. The minimum absolute atomic E-state index is 0.100. The van der Waals surface area contributed by atoms with Gasteiger partial charge in [0.25, 0.3) is 0 Å². The number of nitriles is 1. The van der Waals surface area contributed by atoms with Crippen molar-refractivity contribution in [3.63, 3.8) is 0 Å². The third kappa shape index (κ3) is 7.07. The lowest BCUT2D eigenvalue weighted by molar-refractivity contribution is -0.123. The van der Waals surface area contributed by atoms with Gasteiger partial charge in [0, 0.05) is 16.6 Å². The van der Waals surface area contributed by atoms with Crippen LogP contribution in [0.5, 0.6) is 0 Å². The molecule has 24 heavy (non-hydrogen) atoms. The second kappa shape index (κ2) is 10.0. The van der Waals surface area contributed by atoms with Gasteiger partial charge >= 0.3 is 6.03 Å².